The fourth-order valence-electron chi connectivity index (χ4n) is 1.65. The molecular formula is C12H24N2O3. The lowest BCUT2D eigenvalue weighted by atomic mass is 10.1. The quantitative estimate of drug-likeness (QED) is 0.697. The molecule has 0 aliphatic carbocycles. The van der Waals surface area contributed by atoms with Crippen LogP contribution in [0, 0.1) is 11.8 Å². The third-order valence-corrected chi connectivity index (χ3v) is 2.19. The van der Waals surface area contributed by atoms with E-state index < -0.39 is 12.0 Å². The summed E-state index contributed by atoms with van der Waals surface area (Å²) in [6.45, 7) is 9.30. The van der Waals surface area contributed by atoms with Crippen molar-refractivity contribution in [3.05, 3.63) is 0 Å². The Kier molecular flexibility index (Phi) is 6.80. The number of carboxylic acid groups (broad SMARTS) is 1. The molecule has 0 saturated carbocycles. The second kappa shape index (κ2) is 7.27. The third-order valence-electron chi connectivity index (χ3n) is 2.19. The van der Waals surface area contributed by atoms with E-state index in [0.29, 0.717) is 24.9 Å². The van der Waals surface area contributed by atoms with Gasteiger partial charge in [0.15, 0.2) is 0 Å². The van der Waals surface area contributed by atoms with Gasteiger partial charge in [-0.05, 0) is 11.8 Å². The van der Waals surface area contributed by atoms with Crippen molar-refractivity contribution >= 4 is 11.9 Å². The minimum atomic E-state index is -1.04. The largest absolute Gasteiger partial charge is 0.481 e. The van der Waals surface area contributed by atoms with E-state index in [0.717, 1.165) is 0 Å². The van der Waals surface area contributed by atoms with E-state index in [4.69, 9.17) is 10.8 Å². The van der Waals surface area contributed by atoms with Crippen LogP contribution in [0.5, 0.6) is 0 Å². The van der Waals surface area contributed by atoms with Gasteiger partial charge in [-0.3, -0.25) is 9.59 Å². The van der Waals surface area contributed by atoms with Crippen molar-refractivity contribution in [2.45, 2.75) is 40.2 Å². The normalized spacial score (nSPS) is 12.9. The van der Waals surface area contributed by atoms with Crippen LogP contribution in [0.3, 0.4) is 0 Å². The Morgan fingerprint density at radius 2 is 1.53 bits per heavy atom. The minimum absolute atomic E-state index is 0.269. The molecule has 0 spiro atoms. The highest BCUT2D eigenvalue weighted by atomic mass is 16.4. The molecule has 100 valence electrons. The molecule has 0 radical (unpaired) electrons. The van der Waals surface area contributed by atoms with E-state index in [9.17, 15) is 9.59 Å². The average Bonchev–Trinajstić information content (AvgIpc) is 2.12. The Morgan fingerprint density at radius 3 is 1.82 bits per heavy atom. The molecule has 3 N–H and O–H groups in total. The van der Waals surface area contributed by atoms with Crippen LogP contribution in [0.1, 0.15) is 34.1 Å². The van der Waals surface area contributed by atoms with Crippen LogP contribution < -0.4 is 5.73 Å². The molecule has 0 bridgehead atoms. The first-order valence-electron chi connectivity index (χ1n) is 6.00. The van der Waals surface area contributed by atoms with Gasteiger partial charge in [0.2, 0.25) is 5.91 Å². The summed E-state index contributed by atoms with van der Waals surface area (Å²) in [6, 6.07) is -0.940. The summed E-state index contributed by atoms with van der Waals surface area (Å²) in [5, 5.41) is 8.63. The highest BCUT2D eigenvalue weighted by Gasteiger charge is 2.24. The van der Waals surface area contributed by atoms with Crippen molar-refractivity contribution in [2.24, 2.45) is 17.6 Å². The highest BCUT2D eigenvalue weighted by Crippen LogP contribution is 2.07. The van der Waals surface area contributed by atoms with Gasteiger partial charge in [-0.25, -0.2) is 0 Å². The fourth-order valence-corrected chi connectivity index (χ4v) is 1.65. The molecular weight excluding hydrogens is 220 g/mol. The molecule has 0 saturated heterocycles. The first-order valence-corrected chi connectivity index (χ1v) is 6.00. The number of carbonyl (C=O) groups excluding carboxylic acids is 1. The van der Waals surface area contributed by atoms with Gasteiger partial charge in [-0.2, -0.15) is 0 Å². The summed E-state index contributed by atoms with van der Waals surface area (Å²) < 4.78 is 0. The molecule has 0 aromatic rings. The van der Waals surface area contributed by atoms with Crippen molar-refractivity contribution in [3.63, 3.8) is 0 Å². The maximum absolute atomic E-state index is 12.0. The molecule has 0 aromatic heterocycles. The molecule has 0 aliphatic heterocycles. The number of carbonyl (C=O) groups is 2. The Labute approximate surface area is 103 Å². The molecule has 17 heavy (non-hydrogen) atoms. The van der Waals surface area contributed by atoms with Gasteiger partial charge >= 0.3 is 5.97 Å². The Balaban J connectivity index is 4.55. The monoisotopic (exact) mass is 244 g/mol. The predicted octanol–water partition coefficient (Wildman–Crippen LogP) is 0.929. The average molecular weight is 244 g/mol. The molecule has 5 heteroatoms. The lowest BCUT2D eigenvalue weighted by Crippen LogP contribution is -2.47. The second-order valence-electron chi connectivity index (χ2n) is 5.24. The SMILES string of the molecule is CC(C)CN(CC(C)C)C(=O)C(N)CC(=O)O. The fraction of sp³-hybridized carbons (Fsp3) is 0.833. The van der Waals surface area contributed by atoms with Gasteiger partial charge in [0.1, 0.15) is 0 Å². The molecule has 0 rings (SSSR count). The number of nitrogens with two attached hydrogens (primary N) is 1. The lowest BCUT2D eigenvalue weighted by Gasteiger charge is -2.28. The van der Waals surface area contributed by atoms with Crippen molar-refractivity contribution in [1.29, 1.82) is 0 Å². The number of rotatable bonds is 7. The van der Waals surface area contributed by atoms with Crippen LogP contribution in [-0.2, 0) is 9.59 Å². The van der Waals surface area contributed by atoms with E-state index in [2.05, 4.69) is 0 Å². The number of nitrogens with zero attached hydrogens (tertiary/aromatic N) is 1. The number of hydrogen-bond acceptors (Lipinski definition) is 3. The van der Waals surface area contributed by atoms with E-state index >= 15 is 0 Å². The molecule has 5 nitrogen and oxygen atoms in total. The molecule has 0 heterocycles. The number of hydrogen-bond donors (Lipinski definition) is 2. The standard InChI is InChI=1S/C12H24N2O3/c1-8(2)6-14(7-9(3)4)12(17)10(13)5-11(15)16/h8-10H,5-7,13H2,1-4H3,(H,15,16). The van der Waals surface area contributed by atoms with Crippen molar-refractivity contribution < 1.29 is 14.7 Å². The van der Waals surface area contributed by atoms with Gasteiger partial charge in [-0.15, -0.1) is 0 Å². The molecule has 0 fully saturated rings. The van der Waals surface area contributed by atoms with Crippen LogP contribution in [0.25, 0.3) is 0 Å². The van der Waals surface area contributed by atoms with Crippen LogP contribution in [-0.4, -0.2) is 41.0 Å². The van der Waals surface area contributed by atoms with Crippen LogP contribution in [0.15, 0.2) is 0 Å². The van der Waals surface area contributed by atoms with Crippen LogP contribution >= 0.6 is 0 Å². The number of amides is 1. The Hall–Kier alpha value is -1.10. The highest BCUT2D eigenvalue weighted by molar-refractivity contribution is 5.86. The zero-order valence-electron chi connectivity index (χ0n) is 11.1. The number of carboxylic acids is 1. The van der Waals surface area contributed by atoms with Crippen molar-refractivity contribution in [2.75, 3.05) is 13.1 Å². The Morgan fingerprint density at radius 1 is 1.12 bits per heavy atom. The van der Waals surface area contributed by atoms with Crippen molar-refractivity contribution in [3.8, 4) is 0 Å². The predicted molar refractivity (Wildman–Crippen MR) is 66.5 cm³/mol. The maximum Gasteiger partial charge on any atom is 0.305 e. The smallest absolute Gasteiger partial charge is 0.305 e. The summed E-state index contributed by atoms with van der Waals surface area (Å²) in [7, 11) is 0. The van der Waals surface area contributed by atoms with E-state index in [1.807, 2.05) is 27.7 Å². The summed E-state index contributed by atoms with van der Waals surface area (Å²) in [5.41, 5.74) is 5.60. The van der Waals surface area contributed by atoms with Gasteiger partial charge in [0.25, 0.3) is 0 Å². The van der Waals surface area contributed by atoms with E-state index in [1.165, 1.54) is 0 Å². The van der Waals surface area contributed by atoms with Crippen molar-refractivity contribution in [1.82, 2.24) is 4.90 Å². The minimum Gasteiger partial charge on any atom is -0.481 e. The summed E-state index contributed by atoms with van der Waals surface area (Å²) in [5.74, 6) is -0.626. The number of aliphatic carboxylic acids is 1. The summed E-state index contributed by atoms with van der Waals surface area (Å²) in [6.07, 6.45) is -0.314. The summed E-state index contributed by atoms with van der Waals surface area (Å²) >= 11 is 0. The van der Waals surface area contributed by atoms with Gasteiger partial charge in [-0.1, -0.05) is 27.7 Å². The first kappa shape index (κ1) is 15.9. The lowest BCUT2D eigenvalue weighted by molar-refractivity contribution is -0.142. The van der Waals surface area contributed by atoms with Crippen LogP contribution in [0.2, 0.25) is 0 Å². The maximum atomic E-state index is 12.0. The van der Waals surface area contributed by atoms with Crippen LogP contribution in [0.4, 0.5) is 0 Å². The molecule has 0 aromatic carbocycles. The molecule has 1 atom stereocenters. The van der Waals surface area contributed by atoms with Gasteiger partial charge in [0.05, 0.1) is 12.5 Å². The third kappa shape index (κ3) is 6.94. The zero-order chi connectivity index (χ0) is 13.6. The first-order chi connectivity index (χ1) is 7.73. The molecule has 1 amide bonds. The molecule has 1 unspecified atom stereocenters. The summed E-state index contributed by atoms with van der Waals surface area (Å²) in [4.78, 5) is 24.2. The van der Waals surface area contributed by atoms with Gasteiger partial charge in [0, 0.05) is 13.1 Å². The van der Waals surface area contributed by atoms with E-state index in [1.54, 1.807) is 4.90 Å². The Bertz CT molecular complexity index is 254. The topological polar surface area (TPSA) is 83.6 Å². The zero-order valence-corrected chi connectivity index (χ0v) is 11.1. The van der Waals surface area contributed by atoms with Gasteiger partial charge < -0.3 is 15.7 Å². The van der Waals surface area contributed by atoms with E-state index in [-0.39, 0.29) is 12.3 Å². The molecule has 0 aliphatic rings. The second-order valence-corrected chi connectivity index (χ2v) is 5.24.